The Morgan fingerprint density at radius 2 is 1.90 bits per heavy atom. The van der Waals surface area contributed by atoms with E-state index >= 15 is 0 Å². The first-order valence-electron chi connectivity index (χ1n) is 9.86. The lowest BCUT2D eigenvalue weighted by Crippen LogP contribution is -2.45. The number of ether oxygens (including phenoxy) is 2. The highest BCUT2D eigenvalue weighted by Gasteiger charge is 2.30. The quantitative estimate of drug-likeness (QED) is 0.587. The van der Waals surface area contributed by atoms with Crippen LogP contribution in [0.4, 0.5) is 5.69 Å². The molecule has 11 heteroatoms. The molecule has 0 aliphatic carbocycles. The molecular weight excluding hydrogens is 422 g/mol. The van der Waals surface area contributed by atoms with Gasteiger partial charge in [-0.15, -0.1) is 10.2 Å². The number of aromatic nitrogens is 2. The first-order valence-corrected chi connectivity index (χ1v) is 10.7. The number of hydrogen-bond acceptors (Lipinski definition) is 8. The summed E-state index contributed by atoms with van der Waals surface area (Å²) < 4.78 is 10.0. The van der Waals surface area contributed by atoms with Crippen LogP contribution in [0.15, 0.2) is 24.3 Å². The van der Waals surface area contributed by atoms with Gasteiger partial charge in [0.25, 0.3) is 11.8 Å². The van der Waals surface area contributed by atoms with E-state index < -0.39 is 5.91 Å². The number of anilines is 1. The Kier molecular flexibility index (Phi) is 7.90. The molecule has 3 amide bonds. The van der Waals surface area contributed by atoms with Gasteiger partial charge in [-0.25, -0.2) is 0 Å². The van der Waals surface area contributed by atoms with Crippen molar-refractivity contribution in [1.29, 1.82) is 0 Å². The highest BCUT2D eigenvalue weighted by atomic mass is 32.1. The molecule has 2 aromatic rings. The number of nitrogens with one attached hydrogen (secondary N) is 2. The van der Waals surface area contributed by atoms with Crippen LogP contribution >= 0.6 is 11.3 Å². The van der Waals surface area contributed by atoms with Crippen LogP contribution in [0.3, 0.4) is 0 Å². The van der Waals surface area contributed by atoms with Crippen LogP contribution in [0.1, 0.15) is 32.4 Å². The van der Waals surface area contributed by atoms with Gasteiger partial charge in [0.15, 0.2) is 0 Å². The minimum absolute atomic E-state index is 0.0880. The molecule has 166 valence electrons. The molecule has 0 saturated carbocycles. The van der Waals surface area contributed by atoms with Crippen LogP contribution < -0.4 is 15.4 Å². The second-order valence-electron chi connectivity index (χ2n) is 6.97. The van der Waals surface area contributed by atoms with Gasteiger partial charge in [0.2, 0.25) is 15.9 Å². The highest BCUT2D eigenvalue weighted by molar-refractivity contribution is 7.15. The Hall–Kier alpha value is -3.05. The van der Waals surface area contributed by atoms with Crippen molar-refractivity contribution in [2.24, 2.45) is 5.92 Å². The summed E-state index contributed by atoms with van der Waals surface area (Å²) in [5, 5.41) is 13.5. The zero-order valence-electron chi connectivity index (χ0n) is 17.4. The van der Waals surface area contributed by atoms with E-state index in [1.165, 1.54) is 0 Å². The van der Waals surface area contributed by atoms with Gasteiger partial charge < -0.3 is 25.0 Å². The van der Waals surface area contributed by atoms with E-state index in [-0.39, 0.29) is 27.7 Å². The van der Waals surface area contributed by atoms with Crippen molar-refractivity contribution in [2.45, 2.75) is 12.8 Å². The van der Waals surface area contributed by atoms with E-state index in [0.717, 1.165) is 17.8 Å². The van der Waals surface area contributed by atoms with E-state index in [2.05, 4.69) is 20.8 Å². The number of carbonyl (C=O) groups is 3. The van der Waals surface area contributed by atoms with Gasteiger partial charge in [-0.1, -0.05) is 11.3 Å². The summed E-state index contributed by atoms with van der Waals surface area (Å²) in [5.74, 6) is -0.466. The van der Waals surface area contributed by atoms with Gasteiger partial charge in [0.1, 0.15) is 5.75 Å². The lowest BCUT2D eigenvalue weighted by Gasteiger charge is -2.31. The number of carbonyl (C=O) groups excluding carboxylic acids is 3. The molecule has 3 rings (SSSR count). The maximum atomic E-state index is 12.8. The number of likely N-dealkylation sites (tertiary alicyclic amines) is 1. The molecular formula is C20H25N5O5S. The van der Waals surface area contributed by atoms with Gasteiger partial charge in [0.05, 0.1) is 19.6 Å². The standard InChI is InChI=1S/C20H25N5O5S/c1-29-11-9-21-16(26)13-4-3-10-25(12-13)20(28)19-24-23-18(31-19)17(27)22-14-5-7-15(30-2)8-6-14/h5-8,13H,3-4,9-12H2,1-2H3,(H,21,26)(H,22,27). The molecule has 1 unspecified atom stereocenters. The van der Waals surface area contributed by atoms with Crippen LogP contribution in [0.5, 0.6) is 5.75 Å². The summed E-state index contributed by atoms with van der Waals surface area (Å²) >= 11 is 0.929. The molecule has 0 spiro atoms. The number of rotatable bonds is 8. The smallest absolute Gasteiger partial charge is 0.286 e. The molecule has 1 aromatic carbocycles. The van der Waals surface area contributed by atoms with Crippen molar-refractivity contribution in [1.82, 2.24) is 20.4 Å². The Balaban J connectivity index is 1.58. The van der Waals surface area contributed by atoms with Crippen LogP contribution in [0.2, 0.25) is 0 Å². The van der Waals surface area contributed by atoms with Crippen molar-refractivity contribution in [3.05, 3.63) is 34.3 Å². The predicted molar refractivity (Wildman–Crippen MR) is 114 cm³/mol. The molecule has 2 heterocycles. The van der Waals surface area contributed by atoms with Crippen LogP contribution in [0, 0.1) is 5.92 Å². The number of benzene rings is 1. The molecule has 1 aliphatic heterocycles. The second kappa shape index (κ2) is 10.8. The monoisotopic (exact) mass is 447 g/mol. The molecule has 2 N–H and O–H groups in total. The molecule has 1 aromatic heterocycles. The minimum atomic E-state index is -0.448. The van der Waals surface area contributed by atoms with Gasteiger partial charge in [-0.2, -0.15) is 0 Å². The molecule has 1 atom stereocenters. The fourth-order valence-electron chi connectivity index (χ4n) is 3.19. The van der Waals surface area contributed by atoms with Crippen molar-refractivity contribution in [3.63, 3.8) is 0 Å². The minimum Gasteiger partial charge on any atom is -0.497 e. The fourth-order valence-corrected chi connectivity index (χ4v) is 3.90. The van der Waals surface area contributed by atoms with E-state index in [4.69, 9.17) is 9.47 Å². The zero-order chi connectivity index (χ0) is 22.2. The van der Waals surface area contributed by atoms with E-state index in [0.29, 0.717) is 44.1 Å². The van der Waals surface area contributed by atoms with E-state index in [1.54, 1.807) is 43.4 Å². The Morgan fingerprint density at radius 3 is 2.61 bits per heavy atom. The van der Waals surface area contributed by atoms with Crippen LogP contribution in [-0.2, 0) is 9.53 Å². The Morgan fingerprint density at radius 1 is 1.16 bits per heavy atom. The summed E-state index contributed by atoms with van der Waals surface area (Å²) in [6, 6.07) is 6.86. The van der Waals surface area contributed by atoms with Crippen molar-refractivity contribution in [2.75, 3.05) is 45.8 Å². The Bertz CT molecular complexity index is 917. The average Bonchev–Trinajstić information content (AvgIpc) is 3.30. The lowest BCUT2D eigenvalue weighted by molar-refractivity contribution is -0.126. The van der Waals surface area contributed by atoms with Gasteiger partial charge in [0, 0.05) is 32.4 Å². The summed E-state index contributed by atoms with van der Waals surface area (Å²) in [6.45, 7) is 1.72. The lowest BCUT2D eigenvalue weighted by atomic mass is 9.97. The first-order chi connectivity index (χ1) is 15.0. The van der Waals surface area contributed by atoms with Crippen LogP contribution in [0.25, 0.3) is 0 Å². The third-order valence-electron chi connectivity index (χ3n) is 4.83. The third kappa shape index (κ3) is 5.98. The third-order valence-corrected chi connectivity index (χ3v) is 5.74. The Labute approximate surface area is 183 Å². The number of amides is 3. The van der Waals surface area contributed by atoms with Gasteiger partial charge >= 0.3 is 0 Å². The number of hydrogen-bond donors (Lipinski definition) is 2. The number of nitrogens with zero attached hydrogens (tertiary/aromatic N) is 3. The molecule has 10 nitrogen and oxygen atoms in total. The summed E-state index contributed by atoms with van der Waals surface area (Å²) in [5.41, 5.74) is 0.576. The highest BCUT2D eigenvalue weighted by Crippen LogP contribution is 2.21. The topological polar surface area (TPSA) is 123 Å². The molecule has 0 bridgehead atoms. The first kappa shape index (κ1) is 22.6. The van der Waals surface area contributed by atoms with E-state index in [1.807, 2.05) is 0 Å². The summed E-state index contributed by atoms with van der Waals surface area (Å²) in [7, 11) is 3.13. The molecule has 1 saturated heterocycles. The molecule has 1 fully saturated rings. The number of piperidine rings is 1. The average molecular weight is 448 g/mol. The summed E-state index contributed by atoms with van der Waals surface area (Å²) in [4.78, 5) is 39.1. The van der Waals surface area contributed by atoms with Crippen molar-refractivity contribution >= 4 is 34.7 Å². The summed E-state index contributed by atoms with van der Waals surface area (Å²) in [6.07, 6.45) is 1.44. The predicted octanol–water partition coefficient (Wildman–Crippen LogP) is 1.41. The second-order valence-corrected chi connectivity index (χ2v) is 7.95. The maximum absolute atomic E-state index is 12.8. The molecule has 0 radical (unpaired) electrons. The largest absolute Gasteiger partial charge is 0.497 e. The molecule has 1 aliphatic rings. The van der Waals surface area contributed by atoms with Gasteiger partial charge in [-0.3, -0.25) is 14.4 Å². The van der Waals surface area contributed by atoms with Crippen molar-refractivity contribution in [3.8, 4) is 5.75 Å². The normalized spacial score (nSPS) is 15.9. The van der Waals surface area contributed by atoms with Crippen molar-refractivity contribution < 1.29 is 23.9 Å². The SMILES string of the molecule is COCCNC(=O)C1CCCN(C(=O)c2nnc(C(=O)Nc3ccc(OC)cc3)s2)C1. The fraction of sp³-hybridized carbons (Fsp3) is 0.450. The zero-order valence-corrected chi connectivity index (χ0v) is 18.2. The van der Waals surface area contributed by atoms with E-state index in [9.17, 15) is 14.4 Å². The molecule has 31 heavy (non-hydrogen) atoms. The number of methoxy groups -OCH3 is 2. The van der Waals surface area contributed by atoms with Crippen LogP contribution in [-0.4, -0.2) is 73.3 Å². The maximum Gasteiger partial charge on any atom is 0.286 e. The van der Waals surface area contributed by atoms with Gasteiger partial charge in [-0.05, 0) is 37.1 Å².